The zero-order valence-corrected chi connectivity index (χ0v) is 16.5. The first-order valence-corrected chi connectivity index (χ1v) is 9.91. The largest absolute Gasteiger partial charge is 0.507 e. The van der Waals surface area contributed by atoms with Crippen LogP contribution >= 0.6 is 0 Å². The number of rotatable bonds is 3. The number of benzene rings is 3. The van der Waals surface area contributed by atoms with Gasteiger partial charge in [-0.25, -0.2) is 0 Å². The summed E-state index contributed by atoms with van der Waals surface area (Å²) in [6.45, 7) is 0. The van der Waals surface area contributed by atoms with Crippen LogP contribution in [0, 0.1) is 0 Å². The molecule has 5 nitrogen and oxygen atoms in total. The maximum atomic E-state index is 13.2. The summed E-state index contributed by atoms with van der Waals surface area (Å²) in [6, 6.07) is 24.9. The van der Waals surface area contributed by atoms with Gasteiger partial charge in [-0.15, -0.1) is 0 Å². The van der Waals surface area contributed by atoms with Gasteiger partial charge in [-0.05, 0) is 40.6 Å². The quantitative estimate of drug-likeness (QED) is 0.300. The molecule has 1 aliphatic rings. The summed E-state index contributed by atoms with van der Waals surface area (Å²) >= 11 is 0. The molecule has 1 aliphatic heterocycles. The Morgan fingerprint density at radius 2 is 1.48 bits per heavy atom. The molecule has 1 fully saturated rings. The topological polar surface area (TPSA) is 70.5 Å². The Morgan fingerprint density at radius 3 is 2.26 bits per heavy atom. The minimum atomic E-state index is -0.760. The Labute approximate surface area is 178 Å². The molecule has 1 atom stereocenters. The van der Waals surface area contributed by atoms with Crippen molar-refractivity contribution < 1.29 is 14.7 Å². The molecule has 31 heavy (non-hydrogen) atoms. The molecule has 0 bridgehead atoms. The number of anilines is 1. The standard InChI is InChI=1S/C26H18N2O3/c29-24(21-12-6-8-17-7-4-5-11-20(17)21)22-23(18-13-15-27-16-14-18)28(26(31)25(22)30)19-9-2-1-3-10-19/h1-16,23,29H/b24-22-. The second-order valence-corrected chi connectivity index (χ2v) is 7.31. The van der Waals surface area contributed by atoms with Crippen molar-refractivity contribution in [2.75, 3.05) is 4.90 Å². The fourth-order valence-electron chi connectivity index (χ4n) is 4.13. The lowest BCUT2D eigenvalue weighted by Crippen LogP contribution is -2.29. The molecule has 3 aromatic carbocycles. The molecule has 5 heteroatoms. The van der Waals surface area contributed by atoms with Crippen LogP contribution < -0.4 is 4.90 Å². The van der Waals surface area contributed by atoms with Crippen molar-refractivity contribution in [3.05, 3.63) is 114 Å². The highest BCUT2D eigenvalue weighted by molar-refractivity contribution is 6.51. The highest BCUT2D eigenvalue weighted by atomic mass is 16.3. The number of Topliss-reactive ketones (excluding diaryl/α,β-unsaturated/α-hetero) is 1. The van der Waals surface area contributed by atoms with E-state index in [-0.39, 0.29) is 11.3 Å². The van der Waals surface area contributed by atoms with Crippen LogP contribution in [0.2, 0.25) is 0 Å². The molecule has 1 N–H and O–H groups in total. The first kappa shape index (κ1) is 18.8. The highest BCUT2D eigenvalue weighted by Gasteiger charge is 2.47. The van der Waals surface area contributed by atoms with Gasteiger partial charge in [0.05, 0.1) is 11.6 Å². The number of amides is 1. The Hall–Kier alpha value is -4.25. The molecule has 0 radical (unpaired) electrons. The van der Waals surface area contributed by atoms with Crippen LogP contribution in [0.3, 0.4) is 0 Å². The average Bonchev–Trinajstić information content (AvgIpc) is 3.10. The molecule has 4 aromatic rings. The predicted octanol–water partition coefficient (Wildman–Crippen LogP) is 4.86. The van der Waals surface area contributed by atoms with Crippen LogP contribution in [-0.2, 0) is 9.59 Å². The Bertz CT molecular complexity index is 1330. The average molecular weight is 406 g/mol. The molecule has 5 rings (SSSR count). The lowest BCUT2D eigenvalue weighted by Gasteiger charge is -2.25. The predicted molar refractivity (Wildman–Crippen MR) is 119 cm³/mol. The zero-order valence-electron chi connectivity index (χ0n) is 16.5. The maximum Gasteiger partial charge on any atom is 0.300 e. The van der Waals surface area contributed by atoms with Crippen molar-refractivity contribution in [1.29, 1.82) is 0 Å². The first-order chi connectivity index (χ1) is 15.2. The number of aliphatic hydroxyl groups excluding tert-OH is 1. The van der Waals surface area contributed by atoms with E-state index in [4.69, 9.17) is 0 Å². The number of hydrogen-bond donors (Lipinski definition) is 1. The number of fused-ring (bicyclic) bond motifs is 1. The lowest BCUT2D eigenvalue weighted by molar-refractivity contribution is -0.132. The van der Waals surface area contributed by atoms with Crippen molar-refractivity contribution in [1.82, 2.24) is 4.98 Å². The molecular formula is C26H18N2O3. The summed E-state index contributed by atoms with van der Waals surface area (Å²) < 4.78 is 0. The molecular weight excluding hydrogens is 388 g/mol. The van der Waals surface area contributed by atoms with Crippen LogP contribution in [0.25, 0.3) is 16.5 Å². The minimum absolute atomic E-state index is 0.0661. The van der Waals surface area contributed by atoms with Gasteiger partial charge in [-0.2, -0.15) is 0 Å². The van der Waals surface area contributed by atoms with Crippen LogP contribution in [0.15, 0.2) is 103 Å². The van der Waals surface area contributed by atoms with Gasteiger partial charge in [0, 0.05) is 23.6 Å². The molecule has 1 amide bonds. The number of pyridine rings is 1. The van der Waals surface area contributed by atoms with E-state index in [0.29, 0.717) is 16.8 Å². The second-order valence-electron chi connectivity index (χ2n) is 7.31. The van der Waals surface area contributed by atoms with E-state index in [9.17, 15) is 14.7 Å². The van der Waals surface area contributed by atoms with Gasteiger partial charge in [0.25, 0.3) is 11.7 Å². The summed E-state index contributed by atoms with van der Waals surface area (Å²) in [4.78, 5) is 31.8. The van der Waals surface area contributed by atoms with E-state index in [0.717, 1.165) is 10.8 Å². The van der Waals surface area contributed by atoms with Crippen LogP contribution in [0.1, 0.15) is 17.2 Å². The number of aliphatic hydroxyl groups is 1. The summed E-state index contributed by atoms with van der Waals surface area (Å²) in [6.07, 6.45) is 3.22. The highest BCUT2D eigenvalue weighted by Crippen LogP contribution is 2.42. The van der Waals surface area contributed by atoms with E-state index in [1.54, 1.807) is 42.7 Å². The summed E-state index contributed by atoms with van der Waals surface area (Å²) in [5.41, 5.74) is 1.86. The summed E-state index contributed by atoms with van der Waals surface area (Å²) in [7, 11) is 0. The number of para-hydroxylation sites is 1. The number of nitrogens with zero attached hydrogens (tertiary/aromatic N) is 2. The van der Waals surface area contributed by atoms with Gasteiger partial charge < -0.3 is 5.11 Å². The normalized spacial score (nSPS) is 17.9. The van der Waals surface area contributed by atoms with Crippen molar-refractivity contribution in [3.63, 3.8) is 0 Å². The summed E-state index contributed by atoms with van der Waals surface area (Å²) in [5.74, 6) is -1.57. The monoisotopic (exact) mass is 406 g/mol. The van der Waals surface area contributed by atoms with Crippen LogP contribution in [0.5, 0.6) is 0 Å². The van der Waals surface area contributed by atoms with Gasteiger partial charge in [0.2, 0.25) is 0 Å². The van der Waals surface area contributed by atoms with Gasteiger partial charge in [-0.3, -0.25) is 19.5 Å². The Balaban J connectivity index is 1.78. The first-order valence-electron chi connectivity index (χ1n) is 9.91. The van der Waals surface area contributed by atoms with Gasteiger partial charge in [0.1, 0.15) is 5.76 Å². The van der Waals surface area contributed by atoms with Gasteiger partial charge >= 0.3 is 0 Å². The van der Waals surface area contributed by atoms with Gasteiger partial charge in [0.15, 0.2) is 0 Å². The third-order valence-corrected chi connectivity index (χ3v) is 5.55. The fraction of sp³-hybridized carbons (Fsp3) is 0.0385. The van der Waals surface area contributed by atoms with Crippen LogP contribution in [-0.4, -0.2) is 21.8 Å². The van der Waals surface area contributed by atoms with Crippen molar-refractivity contribution in [2.24, 2.45) is 0 Å². The fourth-order valence-corrected chi connectivity index (χ4v) is 4.13. The Morgan fingerprint density at radius 1 is 0.806 bits per heavy atom. The van der Waals surface area contributed by atoms with E-state index >= 15 is 0 Å². The van der Waals surface area contributed by atoms with Crippen molar-refractivity contribution >= 4 is 33.9 Å². The van der Waals surface area contributed by atoms with Crippen molar-refractivity contribution in [3.8, 4) is 0 Å². The number of ketones is 1. The molecule has 2 heterocycles. The number of carbonyl (C=O) groups excluding carboxylic acids is 2. The molecule has 0 saturated carbocycles. The number of carbonyl (C=O) groups is 2. The SMILES string of the molecule is O=C1C(=O)N(c2ccccc2)C(c2ccncc2)/C1=C(/O)c1cccc2ccccc12. The van der Waals surface area contributed by atoms with E-state index in [1.165, 1.54) is 4.90 Å². The lowest BCUT2D eigenvalue weighted by atomic mass is 9.93. The molecule has 1 saturated heterocycles. The molecule has 0 spiro atoms. The van der Waals surface area contributed by atoms with E-state index < -0.39 is 17.7 Å². The summed E-state index contributed by atoms with van der Waals surface area (Å²) in [5, 5.41) is 13.1. The zero-order chi connectivity index (χ0) is 21.4. The number of hydrogen-bond acceptors (Lipinski definition) is 4. The van der Waals surface area contributed by atoms with Crippen LogP contribution in [0.4, 0.5) is 5.69 Å². The number of aromatic nitrogens is 1. The molecule has 1 unspecified atom stereocenters. The third kappa shape index (κ3) is 3.07. The third-order valence-electron chi connectivity index (χ3n) is 5.55. The van der Waals surface area contributed by atoms with Crippen molar-refractivity contribution in [2.45, 2.75) is 6.04 Å². The van der Waals surface area contributed by atoms with Gasteiger partial charge in [-0.1, -0.05) is 60.7 Å². The second kappa shape index (κ2) is 7.54. The minimum Gasteiger partial charge on any atom is -0.507 e. The van der Waals surface area contributed by atoms with E-state index in [2.05, 4.69) is 4.98 Å². The smallest absolute Gasteiger partial charge is 0.300 e. The Kier molecular flexibility index (Phi) is 4.56. The molecule has 1 aromatic heterocycles. The maximum absolute atomic E-state index is 13.2. The molecule has 0 aliphatic carbocycles. The molecule has 150 valence electrons. The van der Waals surface area contributed by atoms with E-state index in [1.807, 2.05) is 54.6 Å².